The first kappa shape index (κ1) is 14.5. The fraction of sp³-hybridized carbons (Fsp3) is 0.154. The number of nitrogens with zero attached hydrogens (tertiary/aromatic N) is 2. The average molecular weight is 339 g/mol. The number of hydrogen-bond donors (Lipinski definition) is 1. The number of thiophene rings is 2. The summed E-state index contributed by atoms with van der Waals surface area (Å²) in [6.45, 7) is 0. The van der Waals surface area contributed by atoms with Crippen LogP contribution < -0.4 is 4.72 Å². The zero-order valence-corrected chi connectivity index (χ0v) is 13.6. The van der Waals surface area contributed by atoms with Crippen molar-refractivity contribution >= 4 is 32.7 Å². The maximum atomic E-state index is 12.5. The number of aryl methyl sites for hydroxylation is 1. The topological polar surface area (TPSA) is 64.0 Å². The molecule has 0 saturated heterocycles. The molecular weight excluding hydrogens is 326 g/mol. The van der Waals surface area contributed by atoms with Crippen molar-refractivity contribution in [1.29, 1.82) is 0 Å². The van der Waals surface area contributed by atoms with E-state index in [9.17, 15) is 8.42 Å². The summed E-state index contributed by atoms with van der Waals surface area (Å²) in [4.78, 5) is 4.87. The molecule has 1 N–H and O–H groups in total. The predicted octanol–water partition coefficient (Wildman–Crippen LogP) is 2.61. The predicted molar refractivity (Wildman–Crippen MR) is 84.0 cm³/mol. The molecule has 8 heteroatoms. The van der Waals surface area contributed by atoms with E-state index in [2.05, 4.69) is 9.71 Å². The molecule has 0 aliphatic heterocycles. The van der Waals surface area contributed by atoms with Gasteiger partial charge in [0.15, 0.2) is 5.03 Å². The van der Waals surface area contributed by atoms with Crippen LogP contribution in [-0.4, -0.2) is 18.0 Å². The minimum atomic E-state index is -3.66. The SMILES string of the molecule is Cn1cnc(S(=O)(=O)N[C@H](c2ccsc2)c2cccs2)c1. The Balaban J connectivity index is 1.96. The van der Waals surface area contributed by atoms with Gasteiger partial charge in [0.2, 0.25) is 0 Å². The van der Waals surface area contributed by atoms with E-state index in [4.69, 9.17) is 0 Å². The number of aromatic nitrogens is 2. The second-order valence-corrected chi connectivity index (χ2v) is 7.92. The van der Waals surface area contributed by atoms with Gasteiger partial charge >= 0.3 is 0 Å². The van der Waals surface area contributed by atoms with Crippen molar-refractivity contribution < 1.29 is 8.42 Å². The van der Waals surface area contributed by atoms with E-state index in [1.807, 2.05) is 34.3 Å². The highest BCUT2D eigenvalue weighted by Crippen LogP contribution is 2.29. The van der Waals surface area contributed by atoms with Gasteiger partial charge in [-0.2, -0.15) is 16.1 Å². The monoisotopic (exact) mass is 339 g/mol. The molecule has 1 atom stereocenters. The molecule has 0 bridgehead atoms. The average Bonchev–Trinajstić information content (AvgIpc) is 3.18. The number of rotatable bonds is 5. The molecule has 0 spiro atoms. The van der Waals surface area contributed by atoms with Gasteiger partial charge in [-0.05, 0) is 33.8 Å². The largest absolute Gasteiger partial charge is 0.339 e. The molecule has 3 aromatic rings. The van der Waals surface area contributed by atoms with E-state index in [1.165, 1.54) is 23.9 Å². The molecule has 110 valence electrons. The van der Waals surface area contributed by atoms with Gasteiger partial charge in [-0.15, -0.1) is 11.3 Å². The summed E-state index contributed by atoms with van der Waals surface area (Å²) in [5.74, 6) is 0. The van der Waals surface area contributed by atoms with Gasteiger partial charge < -0.3 is 4.57 Å². The van der Waals surface area contributed by atoms with E-state index >= 15 is 0 Å². The third-order valence-electron chi connectivity index (χ3n) is 2.93. The van der Waals surface area contributed by atoms with Gasteiger partial charge in [0, 0.05) is 18.1 Å². The molecule has 0 aliphatic rings. The van der Waals surface area contributed by atoms with Crippen molar-refractivity contribution in [2.45, 2.75) is 11.1 Å². The lowest BCUT2D eigenvalue weighted by atomic mass is 10.1. The summed E-state index contributed by atoms with van der Waals surface area (Å²) in [6.07, 6.45) is 2.96. The zero-order valence-electron chi connectivity index (χ0n) is 11.1. The van der Waals surface area contributed by atoms with Crippen molar-refractivity contribution in [2.24, 2.45) is 7.05 Å². The highest BCUT2D eigenvalue weighted by Gasteiger charge is 2.25. The molecule has 0 amide bonds. The highest BCUT2D eigenvalue weighted by atomic mass is 32.2. The Morgan fingerprint density at radius 3 is 2.76 bits per heavy atom. The Morgan fingerprint density at radius 2 is 2.19 bits per heavy atom. The Bertz CT molecular complexity index is 771. The van der Waals surface area contributed by atoms with E-state index in [-0.39, 0.29) is 11.1 Å². The van der Waals surface area contributed by atoms with Gasteiger partial charge in [0.05, 0.1) is 12.4 Å². The fourth-order valence-electron chi connectivity index (χ4n) is 1.93. The second kappa shape index (κ2) is 5.72. The lowest BCUT2D eigenvalue weighted by Gasteiger charge is -2.15. The van der Waals surface area contributed by atoms with Crippen molar-refractivity contribution in [1.82, 2.24) is 14.3 Å². The summed E-state index contributed by atoms with van der Waals surface area (Å²) in [7, 11) is -1.92. The van der Waals surface area contributed by atoms with Crippen LogP contribution in [0.5, 0.6) is 0 Å². The van der Waals surface area contributed by atoms with E-state index in [0.29, 0.717) is 0 Å². The molecule has 21 heavy (non-hydrogen) atoms. The first-order chi connectivity index (χ1) is 10.1. The smallest absolute Gasteiger partial charge is 0.260 e. The summed E-state index contributed by atoms with van der Waals surface area (Å²) in [6, 6.07) is 5.38. The quantitative estimate of drug-likeness (QED) is 0.777. The van der Waals surface area contributed by atoms with Crippen LogP contribution in [0.2, 0.25) is 0 Å². The molecule has 3 aromatic heterocycles. The number of imidazole rings is 1. The Kier molecular flexibility index (Phi) is 3.94. The normalized spacial score (nSPS) is 13.4. The first-order valence-electron chi connectivity index (χ1n) is 6.12. The van der Waals surface area contributed by atoms with Crippen molar-refractivity contribution in [2.75, 3.05) is 0 Å². The van der Waals surface area contributed by atoms with Crippen LogP contribution in [0.3, 0.4) is 0 Å². The summed E-state index contributed by atoms with van der Waals surface area (Å²) < 4.78 is 29.3. The maximum absolute atomic E-state index is 12.5. The molecule has 0 saturated carbocycles. The van der Waals surface area contributed by atoms with Crippen LogP contribution in [0.1, 0.15) is 16.5 Å². The lowest BCUT2D eigenvalue weighted by Crippen LogP contribution is -2.29. The van der Waals surface area contributed by atoms with Crippen molar-refractivity contribution in [3.05, 3.63) is 57.3 Å². The van der Waals surface area contributed by atoms with Crippen molar-refractivity contribution in [3.8, 4) is 0 Å². The van der Waals surface area contributed by atoms with E-state index < -0.39 is 10.0 Å². The molecular formula is C13H13N3O2S3. The van der Waals surface area contributed by atoms with Crippen LogP contribution in [0.4, 0.5) is 0 Å². The summed E-state index contributed by atoms with van der Waals surface area (Å²) >= 11 is 3.06. The van der Waals surface area contributed by atoms with Gasteiger partial charge in [-0.1, -0.05) is 6.07 Å². The summed E-state index contributed by atoms with van der Waals surface area (Å²) in [5.41, 5.74) is 0.932. The van der Waals surface area contributed by atoms with Crippen LogP contribution in [-0.2, 0) is 17.1 Å². The van der Waals surface area contributed by atoms with Crippen molar-refractivity contribution in [3.63, 3.8) is 0 Å². The Labute approximate surface area is 131 Å². The Hall–Kier alpha value is -1.48. The Morgan fingerprint density at radius 1 is 1.33 bits per heavy atom. The zero-order chi connectivity index (χ0) is 14.9. The molecule has 0 aromatic carbocycles. The molecule has 0 radical (unpaired) electrons. The van der Waals surface area contributed by atoms with E-state index in [1.54, 1.807) is 23.0 Å². The lowest BCUT2D eigenvalue weighted by molar-refractivity contribution is 0.570. The van der Waals surface area contributed by atoms with Gasteiger partial charge in [-0.3, -0.25) is 0 Å². The third-order valence-corrected chi connectivity index (χ3v) is 5.88. The second-order valence-electron chi connectivity index (χ2n) is 4.50. The minimum Gasteiger partial charge on any atom is -0.339 e. The van der Waals surface area contributed by atoms with Gasteiger partial charge in [0.25, 0.3) is 10.0 Å². The van der Waals surface area contributed by atoms with Gasteiger partial charge in [-0.25, -0.2) is 13.4 Å². The number of sulfonamides is 1. The fourth-order valence-corrected chi connectivity index (χ4v) is 4.68. The molecule has 0 unspecified atom stereocenters. The minimum absolute atomic E-state index is 0.0294. The molecule has 3 rings (SSSR count). The molecule has 0 fully saturated rings. The highest BCUT2D eigenvalue weighted by molar-refractivity contribution is 7.89. The molecule has 0 aliphatic carbocycles. The van der Waals surface area contributed by atoms with Crippen LogP contribution in [0, 0.1) is 0 Å². The maximum Gasteiger partial charge on any atom is 0.260 e. The van der Waals surface area contributed by atoms with E-state index in [0.717, 1.165) is 10.4 Å². The summed E-state index contributed by atoms with van der Waals surface area (Å²) in [5, 5.41) is 5.85. The number of nitrogens with one attached hydrogen (secondary N) is 1. The van der Waals surface area contributed by atoms with Crippen LogP contribution in [0.25, 0.3) is 0 Å². The van der Waals surface area contributed by atoms with Crippen LogP contribution >= 0.6 is 22.7 Å². The van der Waals surface area contributed by atoms with Crippen LogP contribution in [0.15, 0.2) is 51.9 Å². The molecule has 3 heterocycles. The first-order valence-corrected chi connectivity index (χ1v) is 9.42. The standard InChI is InChI=1S/C13H13N3O2S3/c1-16-7-12(14-9-16)21(17,18)15-13(10-4-6-19-8-10)11-3-2-5-20-11/h2-9,13,15H,1H3/t13-/m1/s1. The third kappa shape index (κ3) is 3.08. The van der Waals surface area contributed by atoms with Gasteiger partial charge in [0.1, 0.15) is 0 Å². The number of hydrogen-bond acceptors (Lipinski definition) is 5. The molecule has 5 nitrogen and oxygen atoms in total.